The fourth-order valence-electron chi connectivity index (χ4n) is 3.07. The van der Waals surface area contributed by atoms with Crippen molar-refractivity contribution in [2.45, 2.75) is 18.9 Å². The first kappa shape index (κ1) is 18.1. The van der Waals surface area contributed by atoms with Crippen LogP contribution >= 0.6 is 0 Å². The normalized spacial score (nSPS) is 12.4. The number of hydrogen-bond acceptors (Lipinski definition) is 4. The molecule has 0 spiro atoms. The highest BCUT2D eigenvalue weighted by molar-refractivity contribution is 5.80. The highest BCUT2D eigenvalue weighted by Crippen LogP contribution is 2.18. The Morgan fingerprint density at radius 2 is 1.79 bits per heavy atom. The van der Waals surface area contributed by atoms with Crippen LogP contribution in [0.4, 0.5) is 13.2 Å². The standard InChI is InChI=1S/C20H16F3N5/c21-17-10-19(23)18(22)8-13(17)6-14(24)9-15-11-28(27-26-15)16-3-4-20-12(7-16)2-1-5-25-20/h1-5,7-8,10-11,14H,6,9,24H2/t14-/m1/s1. The summed E-state index contributed by atoms with van der Waals surface area (Å²) in [6, 6.07) is 10.4. The van der Waals surface area contributed by atoms with Crippen molar-refractivity contribution in [1.82, 2.24) is 20.0 Å². The van der Waals surface area contributed by atoms with Gasteiger partial charge in [-0.3, -0.25) is 4.98 Å². The molecular weight excluding hydrogens is 367 g/mol. The van der Waals surface area contributed by atoms with E-state index in [9.17, 15) is 13.2 Å². The summed E-state index contributed by atoms with van der Waals surface area (Å²) in [7, 11) is 0. The number of benzene rings is 2. The molecule has 5 nitrogen and oxygen atoms in total. The van der Waals surface area contributed by atoms with E-state index in [4.69, 9.17) is 5.73 Å². The molecule has 4 aromatic rings. The van der Waals surface area contributed by atoms with Crippen molar-refractivity contribution in [3.8, 4) is 5.69 Å². The van der Waals surface area contributed by atoms with Crippen LogP contribution in [0.3, 0.4) is 0 Å². The minimum Gasteiger partial charge on any atom is -0.327 e. The minimum atomic E-state index is -1.22. The number of aromatic nitrogens is 4. The molecular formula is C20H16F3N5. The van der Waals surface area contributed by atoms with Crippen molar-refractivity contribution in [3.05, 3.63) is 83.6 Å². The van der Waals surface area contributed by atoms with E-state index < -0.39 is 23.5 Å². The summed E-state index contributed by atoms with van der Waals surface area (Å²) in [5, 5.41) is 9.18. The van der Waals surface area contributed by atoms with Crippen LogP contribution in [-0.4, -0.2) is 26.0 Å². The number of halogens is 3. The molecule has 0 bridgehead atoms. The first-order valence-electron chi connectivity index (χ1n) is 8.65. The van der Waals surface area contributed by atoms with Crippen molar-refractivity contribution in [3.63, 3.8) is 0 Å². The Bertz CT molecular complexity index is 1140. The second-order valence-corrected chi connectivity index (χ2v) is 6.56. The lowest BCUT2D eigenvalue weighted by atomic mass is 10.0. The van der Waals surface area contributed by atoms with E-state index in [1.165, 1.54) is 0 Å². The average molecular weight is 383 g/mol. The van der Waals surface area contributed by atoms with Crippen LogP contribution in [0.1, 0.15) is 11.3 Å². The Kier molecular flexibility index (Phi) is 4.79. The second kappa shape index (κ2) is 7.40. The van der Waals surface area contributed by atoms with Crippen molar-refractivity contribution < 1.29 is 13.2 Å². The minimum absolute atomic E-state index is 0.0285. The van der Waals surface area contributed by atoms with Crippen LogP contribution in [0, 0.1) is 17.5 Å². The molecule has 142 valence electrons. The fraction of sp³-hybridized carbons (Fsp3) is 0.150. The zero-order valence-corrected chi connectivity index (χ0v) is 14.7. The van der Waals surface area contributed by atoms with E-state index in [0.717, 1.165) is 22.7 Å². The van der Waals surface area contributed by atoms with Gasteiger partial charge in [-0.1, -0.05) is 11.3 Å². The Balaban J connectivity index is 1.49. The monoisotopic (exact) mass is 383 g/mol. The van der Waals surface area contributed by atoms with Gasteiger partial charge < -0.3 is 5.73 Å². The number of nitrogens with two attached hydrogens (primary N) is 1. The van der Waals surface area contributed by atoms with Crippen LogP contribution < -0.4 is 5.73 Å². The average Bonchev–Trinajstić information content (AvgIpc) is 3.14. The van der Waals surface area contributed by atoms with Crippen molar-refractivity contribution in [1.29, 1.82) is 0 Å². The third kappa shape index (κ3) is 3.72. The molecule has 0 saturated carbocycles. The number of fused-ring (bicyclic) bond motifs is 1. The molecule has 2 aromatic carbocycles. The molecule has 28 heavy (non-hydrogen) atoms. The summed E-state index contributed by atoms with van der Waals surface area (Å²) < 4.78 is 41.8. The summed E-state index contributed by atoms with van der Waals surface area (Å²) in [5.41, 5.74) is 8.39. The molecule has 2 heterocycles. The van der Waals surface area contributed by atoms with Gasteiger partial charge in [0, 0.05) is 30.1 Å². The molecule has 0 amide bonds. The summed E-state index contributed by atoms with van der Waals surface area (Å²) >= 11 is 0. The van der Waals surface area contributed by atoms with Gasteiger partial charge in [0.05, 0.1) is 23.1 Å². The largest absolute Gasteiger partial charge is 0.327 e. The predicted molar refractivity (Wildman–Crippen MR) is 98.4 cm³/mol. The molecule has 0 aliphatic heterocycles. The van der Waals surface area contributed by atoms with E-state index >= 15 is 0 Å². The van der Waals surface area contributed by atoms with Crippen LogP contribution in [0.5, 0.6) is 0 Å². The molecule has 2 aromatic heterocycles. The van der Waals surface area contributed by atoms with Crippen LogP contribution in [-0.2, 0) is 12.8 Å². The highest BCUT2D eigenvalue weighted by Gasteiger charge is 2.15. The molecule has 4 rings (SSSR count). The zero-order valence-electron chi connectivity index (χ0n) is 14.7. The maximum absolute atomic E-state index is 13.8. The topological polar surface area (TPSA) is 69.6 Å². The molecule has 0 fully saturated rings. The van der Waals surface area contributed by atoms with Gasteiger partial charge in [0.25, 0.3) is 0 Å². The summed E-state index contributed by atoms with van der Waals surface area (Å²) in [6.45, 7) is 0. The van der Waals surface area contributed by atoms with Crippen LogP contribution in [0.2, 0.25) is 0 Å². The van der Waals surface area contributed by atoms with Crippen molar-refractivity contribution in [2.24, 2.45) is 5.73 Å². The van der Waals surface area contributed by atoms with Crippen molar-refractivity contribution in [2.75, 3.05) is 0 Å². The first-order chi connectivity index (χ1) is 13.5. The maximum Gasteiger partial charge on any atom is 0.161 e. The Morgan fingerprint density at radius 1 is 0.964 bits per heavy atom. The van der Waals surface area contributed by atoms with Crippen molar-refractivity contribution >= 4 is 10.9 Å². The third-order valence-electron chi connectivity index (χ3n) is 4.43. The summed E-state index contributed by atoms with van der Waals surface area (Å²) in [6.07, 6.45) is 3.83. The molecule has 0 saturated heterocycles. The van der Waals surface area contributed by atoms with E-state index in [2.05, 4.69) is 15.3 Å². The molecule has 0 unspecified atom stereocenters. The van der Waals surface area contributed by atoms with Gasteiger partial charge in [-0.15, -0.1) is 5.10 Å². The first-order valence-corrected chi connectivity index (χ1v) is 8.65. The van der Waals surface area contributed by atoms with Gasteiger partial charge >= 0.3 is 0 Å². The van der Waals surface area contributed by atoms with Crippen LogP contribution in [0.15, 0.2) is 54.9 Å². The zero-order chi connectivity index (χ0) is 19.7. The third-order valence-corrected chi connectivity index (χ3v) is 4.43. The van der Waals surface area contributed by atoms with Gasteiger partial charge in [-0.2, -0.15) is 0 Å². The fourth-order valence-corrected chi connectivity index (χ4v) is 3.07. The maximum atomic E-state index is 13.8. The molecule has 1 atom stereocenters. The van der Waals surface area contributed by atoms with E-state index in [1.807, 2.05) is 30.3 Å². The molecule has 8 heteroatoms. The molecule has 0 aliphatic rings. The van der Waals surface area contributed by atoms with Gasteiger partial charge in [0.2, 0.25) is 0 Å². The molecule has 2 N–H and O–H groups in total. The lowest BCUT2D eigenvalue weighted by Gasteiger charge is -2.11. The van der Waals surface area contributed by atoms with Gasteiger partial charge in [-0.25, -0.2) is 17.9 Å². The van der Waals surface area contributed by atoms with Gasteiger partial charge in [0.15, 0.2) is 11.6 Å². The number of pyridine rings is 1. The van der Waals surface area contributed by atoms with E-state index in [0.29, 0.717) is 18.2 Å². The van der Waals surface area contributed by atoms with Gasteiger partial charge in [0.1, 0.15) is 5.82 Å². The molecule has 0 aliphatic carbocycles. The summed E-state index contributed by atoms with van der Waals surface area (Å²) in [4.78, 5) is 4.28. The lowest BCUT2D eigenvalue weighted by molar-refractivity contribution is 0.486. The number of nitrogens with zero attached hydrogens (tertiary/aromatic N) is 4. The Labute approximate surface area is 158 Å². The Morgan fingerprint density at radius 3 is 2.64 bits per heavy atom. The van der Waals surface area contributed by atoms with E-state index in [-0.39, 0.29) is 12.0 Å². The molecule has 0 radical (unpaired) electrons. The highest BCUT2D eigenvalue weighted by atomic mass is 19.2. The van der Waals surface area contributed by atoms with E-state index in [1.54, 1.807) is 17.1 Å². The number of rotatable bonds is 5. The smallest absolute Gasteiger partial charge is 0.161 e. The van der Waals surface area contributed by atoms with Gasteiger partial charge in [-0.05, 0) is 42.3 Å². The Hall–Kier alpha value is -3.26. The number of hydrogen-bond donors (Lipinski definition) is 1. The SMILES string of the molecule is N[C@@H](Cc1cn(-c2ccc3ncccc3c2)nn1)Cc1cc(F)c(F)cc1F. The summed E-state index contributed by atoms with van der Waals surface area (Å²) in [5.74, 6) is -3.13. The quantitative estimate of drug-likeness (QED) is 0.537. The predicted octanol–water partition coefficient (Wildman–Crippen LogP) is 3.35. The second-order valence-electron chi connectivity index (χ2n) is 6.56. The lowest BCUT2D eigenvalue weighted by Crippen LogP contribution is -2.26. The van der Waals surface area contributed by atoms with Crippen LogP contribution in [0.25, 0.3) is 16.6 Å².